The lowest BCUT2D eigenvalue weighted by atomic mass is 9.96. The van der Waals surface area contributed by atoms with Gasteiger partial charge in [-0.15, -0.1) is 0 Å². The van der Waals surface area contributed by atoms with E-state index in [-0.39, 0.29) is 17.9 Å². The van der Waals surface area contributed by atoms with Gasteiger partial charge in [-0.2, -0.15) is 0 Å². The number of amides is 2. The van der Waals surface area contributed by atoms with Gasteiger partial charge in [0.05, 0.1) is 32.4 Å². The summed E-state index contributed by atoms with van der Waals surface area (Å²) in [4.78, 5) is 32.2. The van der Waals surface area contributed by atoms with Crippen LogP contribution in [-0.2, 0) is 16.1 Å². The standard InChI is InChI=1S/C18H27N3O4/c1-12-9-19-15(13(2)16(12)24-4)11-20(3)17(22)14-7-6-8-21(10-14)18(23)25-5/h9,14H,6-8,10-11H2,1-5H3/t14-/m1/s1. The van der Waals surface area contributed by atoms with E-state index in [1.165, 1.54) is 7.11 Å². The van der Waals surface area contributed by atoms with E-state index in [1.54, 1.807) is 30.2 Å². The van der Waals surface area contributed by atoms with Crippen molar-refractivity contribution in [2.75, 3.05) is 34.4 Å². The first kappa shape index (κ1) is 19.0. The fourth-order valence-electron chi connectivity index (χ4n) is 3.32. The summed E-state index contributed by atoms with van der Waals surface area (Å²) in [6, 6.07) is 0. The largest absolute Gasteiger partial charge is 0.496 e. The van der Waals surface area contributed by atoms with Crippen LogP contribution in [-0.4, -0.2) is 61.1 Å². The van der Waals surface area contributed by atoms with E-state index in [1.807, 2.05) is 13.8 Å². The molecular weight excluding hydrogens is 322 g/mol. The molecule has 138 valence electrons. The zero-order valence-corrected chi connectivity index (χ0v) is 15.7. The van der Waals surface area contributed by atoms with Crippen LogP contribution in [0.15, 0.2) is 6.20 Å². The number of pyridine rings is 1. The first-order valence-electron chi connectivity index (χ1n) is 8.46. The van der Waals surface area contributed by atoms with Crippen molar-refractivity contribution < 1.29 is 19.1 Å². The zero-order valence-electron chi connectivity index (χ0n) is 15.7. The Morgan fingerprint density at radius 3 is 2.72 bits per heavy atom. The van der Waals surface area contributed by atoms with Gasteiger partial charge in [-0.25, -0.2) is 4.79 Å². The Labute approximate surface area is 148 Å². The van der Waals surface area contributed by atoms with Crippen LogP contribution in [0.25, 0.3) is 0 Å². The predicted molar refractivity (Wildman–Crippen MR) is 93.4 cm³/mol. The maximum absolute atomic E-state index is 12.8. The summed E-state index contributed by atoms with van der Waals surface area (Å²) in [6.45, 7) is 5.35. The molecule has 0 unspecified atom stereocenters. The summed E-state index contributed by atoms with van der Waals surface area (Å²) in [5.41, 5.74) is 2.74. The van der Waals surface area contributed by atoms with Crippen molar-refractivity contribution in [3.8, 4) is 5.75 Å². The second kappa shape index (κ2) is 8.18. The van der Waals surface area contributed by atoms with E-state index >= 15 is 0 Å². The molecule has 2 heterocycles. The van der Waals surface area contributed by atoms with Crippen molar-refractivity contribution in [1.82, 2.24) is 14.8 Å². The lowest BCUT2D eigenvalue weighted by Gasteiger charge is -2.33. The van der Waals surface area contributed by atoms with Crippen LogP contribution in [0.2, 0.25) is 0 Å². The Morgan fingerprint density at radius 1 is 1.36 bits per heavy atom. The molecule has 1 aliphatic heterocycles. The van der Waals surface area contributed by atoms with Gasteiger partial charge in [-0.05, 0) is 26.7 Å². The van der Waals surface area contributed by atoms with Crippen molar-refractivity contribution in [2.45, 2.75) is 33.2 Å². The fraction of sp³-hybridized carbons (Fsp3) is 0.611. The molecule has 1 fully saturated rings. The molecule has 2 rings (SSSR count). The normalized spacial score (nSPS) is 17.2. The Hall–Kier alpha value is -2.31. The molecule has 0 aromatic carbocycles. The van der Waals surface area contributed by atoms with E-state index in [4.69, 9.17) is 9.47 Å². The third-order valence-electron chi connectivity index (χ3n) is 4.72. The highest BCUT2D eigenvalue weighted by atomic mass is 16.5. The second-order valence-electron chi connectivity index (χ2n) is 6.50. The maximum atomic E-state index is 12.8. The number of hydrogen-bond acceptors (Lipinski definition) is 5. The molecule has 0 spiro atoms. The highest BCUT2D eigenvalue weighted by molar-refractivity contribution is 5.80. The van der Waals surface area contributed by atoms with Gasteiger partial charge in [0, 0.05) is 37.5 Å². The van der Waals surface area contributed by atoms with Gasteiger partial charge in [0.1, 0.15) is 5.75 Å². The van der Waals surface area contributed by atoms with Crippen LogP contribution in [0.4, 0.5) is 4.79 Å². The van der Waals surface area contributed by atoms with Gasteiger partial charge in [0.2, 0.25) is 5.91 Å². The first-order valence-corrected chi connectivity index (χ1v) is 8.46. The van der Waals surface area contributed by atoms with Crippen LogP contribution in [0, 0.1) is 19.8 Å². The molecule has 1 aromatic heterocycles. The number of ether oxygens (including phenoxy) is 2. The SMILES string of the molecule is COC(=O)N1CCC[C@@H](C(=O)N(C)Cc2ncc(C)c(OC)c2C)C1. The molecule has 1 saturated heterocycles. The monoisotopic (exact) mass is 349 g/mol. The molecule has 1 atom stereocenters. The van der Waals surface area contributed by atoms with Gasteiger partial charge < -0.3 is 19.3 Å². The number of likely N-dealkylation sites (tertiary alicyclic amines) is 1. The number of carbonyl (C=O) groups is 2. The van der Waals surface area contributed by atoms with Crippen molar-refractivity contribution in [3.63, 3.8) is 0 Å². The third-order valence-corrected chi connectivity index (χ3v) is 4.72. The molecule has 0 saturated carbocycles. The number of carbonyl (C=O) groups excluding carboxylic acids is 2. The molecule has 7 heteroatoms. The van der Waals surface area contributed by atoms with Crippen LogP contribution in [0.3, 0.4) is 0 Å². The summed E-state index contributed by atoms with van der Waals surface area (Å²) < 4.78 is 10.2. The molecule has 0 N–H and O–H groups in total. The third kappa shape index (κ3) is 4.21. The lowest BCUT2D eigenvalue weighted by Crippen LogP contribution is -2.45. The minimum Gasteiger partial charge on any atom is -0.496 e. The van der Waals surface area contributed by atoms with E-state index in [2.05, 4.69) is 4.98 Å². The van der Waals surface area contributed by atoms with Crippen LogP contribution in [0.5, 0.6) is 5.75 Å². The van der Waals surface area contributed by atoms with Crippen molar-refractivity contribution in [2.24, 2.45) is 5.92 Å². The molecule has 0 bridgehead atoms. The van der Waals surface area contributed by atoms with E-state index < -0.39 is 0 Å². The van der Waals surface area contributed by atoms with Gasteiger partial charge in [-0.1, -0.05) is 0 Å². The van der Waals surface area contributed by atoms with E-state index in [0.717, 1.165) is 35.4 Å². The number of nitrogens with zero attached hydrogens (tertiary/aromatic N) is 3. The summed E-state index contributed by atoms with van der Waals surface area (Å²) in [7, 11) is 4.77. The topological polar surface area (TPSA) is 72.0 Å². The lowest BCUT2D eigenvalue weighted by molar-refractivity contribution is -0.136. The van der Waals surface area contributed by atoms with Crippen molar-refractivity contribution >= 4 is 12.0 Å². The van der Waals surface area contributed by atoms with E-state index in [9.17, 15) is 9.59 Å². The first-order chi connectivity index (χ1) is 11.9. The average Bonchev–Trinajstić information content (AvgIpc) is 2.63. The Bertz CT molecular complexity index is 647. The highest BCUT2D eigenvalue weighted by Crippen LogP contribution is 2.25. The molecule has 0 aliphatic carbocycles. The van der Waals surface area contributed by atoms with Crippen molar-refractivity contribution in [3.05, 3.63) is 23.0 Å². The van der Waals surface area contributed by atoms with Gasteiger partial charge in [0.15, 0.2) is 0 Å². The van der Waals surface area contributed by atoms with Gasteiger partial charge >= 0.3 is 6.09 Å². The Balaban J connectivity index is 2.07. The average molecular weight is 349 g/mol. The molecule has 2 amide bonds. The summed E-state index contributed by atoms with van der Waals surface area (Å²) in [6.07, 6.45) is 2.97. The number of aromatic nitrogens is 1. The van der Waals surface area contributed by atoms with E-state index in [0.29, 0.717) is 19.6 Å². The zero-order chi connectivity index (χ0) is 18.6. The van der Waals surface area contributed by atoms with Gasteiger partial charge in [0.25, 0.3) is 0 Å². The van der Waals surface area contributed by atoms with Crippen LogP contribution >= 0.6 is 0 Å². The minimum absolute atomic E-state index is 0.0225. The quantitative estimate of drug-likeness (QED) is 0.833. The predicted octanol–water partition coefficient (Wildman–Crippen LogP) is 2.14. The maximum Gasteiger partial charge on any atom is 0.409 e. The number of hydrogen-bond donors (Lipinski definition) is 0. The van der Waals surface area contributed by atoms with Crippen LogP contribution < -0.4 is 4.74 Å². The molecular formula is C18H27N3O4. The van der Waals surface area contributed by atoms with Gasteiger partial charge in [-0.3, -0.25) is 9.78 Å². The molecule has 25 heavy (non-hydrogen) atoms. The summed E-state index contributed by atoms with van der Waals surface area (Å²) in [5, 5.41) is 0. The minimum atomic E-state index is -0.374. The van der Waals surface area contributed by atoms with Crippen LogP contribution in [0.1, 0.15) is 29.7 Å². The number of methoxy groups -OCH3 is 2. The van der Waals surface area contributed by atoms with Crippen molar-refractivity contribution in [1.29, 1.82) is 0 Å². The number of piperidine rings is 1. The highest BCUT2D eigenvalue weighted by Gasteiger charge is 2.30. The Kier molecular flexibility index (Phi) is 6.22. The fourth-order valence-corrected chi connectivity index (χ4v) is 3.32. The second-order valence-corrected chi connectivity index (χ2v) is 6.50. The smallest absolute Gasteiger partial charge is 0.409 e. The number of aryl methyl sites for hydroxylation is 1. The Morgan fingerprint density at radius 2 is 2.08 bits per heavy atom. The molecule has 7 nitrogen and oxygen atoms in total. The molecule has 1 aliphatic rings. The number of rotatable bonds is 4. The molecule has 0 radical (unpaired) electrons. The summed E-state index contributed by atoms with van der Waals surface area (Å²) >= 11 is 0. The summed E-state index contributed by atoms with van der Waals surface area (Å²) in [5.74, 6) is 0.625. The molecule has 1 aromatic rings.